The number of fused-ring (bicyclic) bond motifs is 2. The molecule has 2 saturated carbocycles. The third kappa shape index (κ3) is 2.53. The molecule has 2 atom stereocenters. The third-order valence-electron chi connectivity index (χ3n) is 6.00. The van der Waals surface area contributed by atoms with Gasteiger partial charge in [0.2, 0.25) is 0 Å². The van der Waals surface area contributed by atoms with Gasteiger partial charge in [-0.15, -0.1) is 0 Å². The smallest absolute Gasteiger partial charge is 0.401 e. The van der Waals surface area contributed by atoms with Crippen LogP contribution in [0.2, 0.25) is 0 Å². The van der Waals surface area contributed by atoms with E-state index in [9.17, 15) is 14.9 Å². The Morgan fingerprint density at radius 2 is 2.21 bits per heavy atom. The first-order chi connectivity index (χ1) is 11.2. The summed E-state index contributed by atoms with van der Waals surface area (Å²) in [5.41, 5.74) is 3.86. The molecule has 7 nitrogen and oxygen atoms in total. The molecule has 2 bridgehead atoms. The third-order valence-corrected chi connectivity index (χ3v) is 6.00. The highest BCUT2D eigenvalue weighted by Gasteiger charge is 2.59. The largest absolute Gasteiger partial charge is 0.433 e. The fourth-order valence-electron chi connectivity index (χ4n) is 3.95. The maximum Gasteiger partial charge on any atom is 0.433 e. The monoisotopic (exact) mass is 331 g/mol. The lowest BCUT2D eigenvalue weighted by Gasteiger charge is -2.34. The van der Waals surface area contributed by atoms with Crippen molar-refractivity contribution in [2.45, 2.75) is 40.0 Å². The van der Waals surface area contributed by atoms with Gasteiger partial charge in [0.25, 0.3) is 5.91 Å². The molecule has 0 spiro atoms. The van der Waals surface area contributed by atoms with Crippen molar-refractivity contribution < 1.29 is 14.1 Å². The van der Waals surface area contributed by atoms with Crippen molar-refractivity contribution in [1.29, 1.82) is 0 Å². The SMILES string of the molecule is CC1(C)[C@H]2CC[C@@]1(C)/C(=N/NC(=O)/C=C/c1ccc([N+](=O)[O-])o1)C2. The van der Waals surface area contributed by atoms with Crippen LogP contribution in [0.25, 0.3) is 6.08 Å². The number of amides is 1. The maximum absolute atomic E-state index is 11.9. The van der Waals surface area contributed by atoms with E-state index in [1.165, 1.54) is 30.7 Å². The molecule has 2 aliphatic rings. The highest BCUT2D eigenvalue weighted by atomic mass is 16.6. The van der Waals surface area contributed by atoms with Gasteiger partial charge in [0.05, 0.1) is 6.07 Å². The number of hydrogen-bond donors (Lipinski definition) is 1. The fraction of sp³-hybridized carbons (Fsp3) is 0.529. The molecule has 0 aromatic carbocycles. The van der Waals surface area contributed by atoms with Crippen LogP contribution in [0.15, 0.2) is 27.7 Å². The lowest BCUT2D eigenvalue weighted by atomic mass is 9.70. The summed E-state index contributed by atoms with van der Waals surface area (Å²) in [6.07, 6.45) is 5.89. The summed E-state index contributed by atoms with van der Waals surface area (Å²) in [5, 5.41) is 14.9. The van der Waals surface area contributed by atoms with Crippen molar-refractivity contribution in [3.63, 3.8) is 0 Å². The number of rotatable bonds is 4. The maximum atomic E-state index is 11.9. The Bertz CT molecular complexity index is 747. The molecule has 0 aliphatic heterocycles. The van der Waals surface area contributed by atoms with Gasteiger partial charge in [0.15, 0.2) is 0 Å². The Morgan fingerprint density at radius 1 is 1.46 bits per heavy atom. The number of hydrazone groups is 1. The molecule has 0 unspecified atom stereocenters. The first kappa shape index (κ1) is 16.4. The second-order valence-corrected chi connectivity index (χ2v) is 7.29. The Balaban J connectivity index is 1.64. The van der Waals surface area contributed by atoms with E-state index < -0.39 is 4.92 Å². The Morgan fingerprint density at radius 3 is 2.75 bits per heavy atom. The van der Waals surface area contributed by atoms with Crippen molar-refractivity contribution in [2.24, 2.45) is 21.8 Å². The normalized spacial score (nSPS) is 29.5. The Hall–Kier alpha value is -2.44. The lowest BCUT2D eigenvalue weighted by molar-refractivity contribution is -0.402. The summed E-state index contributed by atoms with van der Waals surface area (Å²) in [7, 11) is 0. The van der Waals surface area contributed by atoms with Crippen LogP contribution in [0.4, 0.5) is 5.88 Å². The van der Waals surface area contributed by atoms with Crippen molar-refractivity contribution >= 4 is 23.6 Å². The van der Waals surface area contributed by atoms with Crippen LogP contribution in [0.5, 0.6) is 0 Å². The summed E-state index contributed by atoms with van der Waals surface area (Å²) >= 11 is 0. The van der Waals surface area contributed by atoms with E-state index in [2.05, 4.69) is 31.3 Å². The molecule has 3 rings (SSSR count). The number of carbonyl (C=O) groups is 1. The van der Waals surface area contributed by atoms with Crippen LogP contribution < -0.4 is 5.43 Å². The Kier molecular flexibility index (Phi) is 3.81. The number of nitrogens with one attached hydrogen (secondary N) is 1. The highest BCUT2D eigenvalue weighted by Crippen LogP contribution is 2.63. The minimum absolute atomic E-state index is 0.0380. The molecule has 7 heteroatoms. The summed E-state index contributed by atoms with van der Waals surface area (Å²) in [6.45, 7) is 6.78. The van der Waals surface area contributed by atoms with Gasteiger partial charge in [-0.05, 0) is 42.7 Å². The van der Waals surface area contributed by atoms with E-state index in [0.29, 0.717) is 5.92 Å². The van der Waals surface area contributed by atoms with Crippen molar-refractivity contribution in [3.8, 4) is 0 Å². The molecule has 1 N–H and O–H groups in total. The lowest BCUT2D eigenvalue weighted by Crippen LogP contribution is -2.34. The van der Waals surface area contributed by atoms with Crippen LogP contribution >= 0.6 is 0 Å². The van der Waals surface area contributed by atoms with Crippen molar-refractivity contribution in [3.05, 3.63) is 34.1 Å². The van der Waals surface area contributed by atoms with E-state index in [0.717, 1.165) is 18.6 Å². The average molecular weight is 331 g/mol. The van der Waals surface area contributed by atoms with Crippen LogP contribution in [0.1, 0.15) is 45.8 Å². The van der Waals surface area contributed by atoms with E-state index in [1.54, 1.807) is 0 Å². The zero-order valence-electron chi connectivity index (χ0n) is 14.0. The first-order valence-corrected chi connectivity index (χ1v) is 8.03. The minimum Gasteiger partial charge on any atom is -0.401 e. The molecular formula is C17H21N3O4. The molecule has 0 saturated heterocycles. The van der Waals surface area contributed by atoms with E-state index >= 15 is 0 Å². The van der Waals surface area contributed by atoms with Gasteiger partial charge in [0, 0.05) is 17.2 Å². The summed E-state index contributed by atoms with van der Waals surface area (Å²) in [4.78, 5) is 21.8. The minimum atomic E-state index is -0.624. The highest BCUT2D eigenvalue weighted by molar-refractivity contribution is 5.97. The number of carbonyl (C=O) groups excluding carboxylic acids is 1. The molecule has 2 fully saturated rings. The van der Waals surface area contributed by atoms with Crippen molar-refractivity contribution in [1.82, 2.24) is 5.43 Å². The van der Waals surface area contributed by atoms with E-state index in [-0.39, 0.29) is 28.4 Å². The zero-order chi connectivity index (χ0) is 17.5. The summed E-state index contributed by atoms with van der Waals surface area (Å²) in [5.74, 6) is 0.132. The Labute approximate surface area is 139 Å². The summed E-state index contributed by atoms with van der Waals surface area (Å²) < 4.78 is 4.96. The van der Waals surface area contributed by atoms with Gasteiger partial charge in [-0.2, -0.15) is 5.10 Å². The average Bonchev–Trinajstić information content (AvgIpc) is 3.13. The predicted octanol–water partition coefficient (Wildman–Crippen LogP) is 3.52. The fourth-order valence-corrected chi connectivity index (χ4v) is 3.95. The zero-order valence-corrected chi connectivity index (χ0v) is 14.0. The molecule has 1 aromatic heterocycles. The standard InChI is InChI=1S/C17H21N3O4/c1-16(2)11-8-9-17(16,3)13(10-11)18-19-14(21)6-4-12-5-7-15(24-12)20(22)23/h4-7,11H,8-10H2,1-3H3,(H,19,21)/b6-4+,18-13+/t11-,17-/m0/s1. The number of nitrogens with zero attached hydrogens (tertiary/aromatic N) is 2. The molecule has 0 radical (unpaired) electrons. The molecule has 1 heterocycles. The quantitative estimate of drug-likeness (QED) is 0.518. The van der Waals surface area contributed by atoms with Gasteiger partial charge in [-0.1, -0.05) is 20.8 Å². The van der Waals surface area contributed by atoms with Crippen LogP contribution in [-0.4, -0.2) is 16.5 Å². The molecule has 1 aromatic rings. The molecule has 24 heavy (non-hydrogen) atoms. The first-order valence-electron chi connectivity index (χ1n) is 8.03. The summed E-state index contributed by atoms with van der Waals surface area (Å²) in [6, 6.07) is 2.68. The van der Waals surface area contributed by atoms with Crippen LogP contribution in [-0.2, 0) is 4.79 Å². The number of nitro groups is 1. The van der Waals surface area contributed by atoms with Gasteiger partial charge in [-0.25, -0.2) is 5.43 Å². The molecular weight excluding hydrogens is 310 g/mol. The molecule has 128 valence electrons. The number of hydrogen-bond acceptors (Lipinski definition) is 5. The van der Waals surface area contributed by atoms with Crippen LogP contribution in [0.3, 0.4) is 0 Å². The second-order valence-electron chi connectivity index (χ2n) is 7.29. The van der Waals surface area contributed by atoms with Gasteiger partial charge in [0.1, 0.15) is 10.7 Å². The number of furan rings is 1. The van der Waals surface area contributed by atoms with Crippen molar-refractivity contribution in [2.75, 3.05) is 0 Å². The molecule has 1 amide bonds. The second kappa shape index (κ2) is 5.58. The topological polar surface area (TPSA) is 97.7 Å². The molecule has 2 aliphatic carbocycles. The van der Waals surface area contributed by atoms with E-state index in [4.69, 9.17) is 4.42 Å². The predicted molar refractivity (Wildman–Crippen MR) is 89.2 cm³/mol. The van der Waals surface area contributed by atoms with Gasteiger partial charge >= 0.3 is 5.88 Å². The van der Waals surface area contributed by atoms with E-state index in [1.807, 2.05) is 0 Å². The van der Waals surface area contributed by atoms with Gasteiger partial charge < -0.3 is 4.42 Å². The van der Waals surface area contributed by atoms with Crippen LogP contribution in [0, 0.1) is 26.9 Å². The van der Waals surface area contributed by atoms with Gasteiger partial charge in [-0.3, -0.25) is 14.9 Å².